The molecule has 0 aromatic heterocycles. The summed E-state index contributed by atoms with van der Waals surface area (Å²) in [6, 6.07) is 1.15. The Balaban J connectivity index is 2.22. The number of carboxylic acids is 1. The molecule has 2 aliphatic rings. The van der Waals surface area contributed by atoms with E-state index < -0.39 is 35.6 Å². The van der Waals surface area contributed by atoms with Crippen LogP contribution in [0.1, 0.15) is 23.5 Å². The summed E-state index contributed by atoms with van der Waals surface area (Å²) >= 11 is 5.98. The van der Waals surface area contributed by atoms with E-state index in [4.69, 9.17) is 11.6 Å². The van der Waals surface area contributed by atoms with Gasteiger partial charge >= 0.3 is 12.1 Å². The molecule has 0 spiro atoms. The minimum absolute atomic E-state index is 0.0475. The maximum Gasteiger partial charge on any atom is 0.416 e. The molecule has 1 aliphatic carbocycles. The van der Waals surface area contributed by atoms with Crippen molar-refractivity contribution in [1.82, 2.24) is 0 Å². The fourth-order valence-corrected chi connectivity index (χ4v) is 3.39. The normalized spacial score (nSPS) is 27.0. The monoisotopic (exact) mass is 317 g/mol. The van der Waals surface area contributed by atoms with Gasteiger partial charge in [-0.3, -0.25) is 0 Å². The smallest absolute Gasteiger partial charge is 0.416 e. The molecule has 0 amide bonds. The first kappa shape index (κ1) is 14.3. The fraction of sp³-hybridized carbons (Fsp3) is 0.357. The molecule has 0 bridgehead atoms. The van der Waals surface area contributed by atoms with Crippen molar-refractivity contribution in [2.75, 3.05) is 5.32 Å². The Labute approximate surface area is 123 Å². The Morgan fingerprint density at radius 1 is 1.38 bits per heavy atom. The molecule has 112 valence electrons. The van der Waals surface area contributed by atoms with Crippen molar-refractivity contribution in [3.05, 3.63) is 40.4 Å². The minimum Gasteiger partial charge on any atom is -0.480 e. The zero-order valence-electron chi connectivity index (χ0n) is 10.6. The Morgan fingerprint density at radius 3 is 2.71 bits per heavy atom. The molecule has 21 heavy (non-hydrogen) atoms. The van der Waals surface area contributed by atoms with Gasteiger partial charge in [0.15, 0.2) is 0 Å². The van der Waals surface area contributed by atoms with Crippen LogP contribution in [-0.2, 0) is 11.0 Å². The third kappa shape index (κ3) is 2.18. The van der Waals surface area contributed by atoms with Crippen molar-refractivity contribution in [3.63, 3.8) is 0 Å². The molecule has 0 saturated heterocycles. The molecular formula is C14H11ClF3NO2. The first-order chi connectivity index (χ1) is 9.80. The van der Waals surface area contributed by atoms with Crippen LogP contribution in [0.5, 0.6) is 0 Å². The summed E-state index contributed by atoms with van der Waals surface area (Å²) in [7, 11) is 0. The van der Waals surface area contributed by atoms with Gasteiger partial charge in [0.2, 0.25) is 0 Å². The summed E-state index contributed by atoms with van der Waals surface area (Å²) in [5.41, 5.74) is -0.641. The highest BCUT2D eigenvalue weighted by atomic mass is 35.5. The van der Waals surface area contributed by atoms with E-state index in [-0.39, 0.29) is 16.3 Å². The molecule has 3 atom stereocenters. The number of hydrogen-bond donors (Lipinski definition) is 2. The van der Waals surface area contributed by atoms with E-state index >= 15 is 0 Å². The van der Waals surface area contributed by atoms with Crippen molar-refractivity contribution in [2.24, 2.45) is 5.92 Å². The molecule has 1 aliphatic heterocycles. The Bertz CT molecular complexity index is 642. The first-order valence-electron chi connectivity index (χ1n) is 6.36. The Hall–Kier alpha value is -1.69. The molecule has 2 N–H and O–H groups in total. The number of carbonyl (C=O) groups is 1. The molecule has 7 heteroatoms. The molecule has 1 aromatic rings. The number of aliphatic carboxylic acids is 1. The lowest BCUT2D eigenvalue weighted by Crippen LogP contribution is -2.42. The zero-order chi connectivity index (χ0) is 15.4. The first-order valence-corrected chi connectivity index (χ1v) is 6.74. The average molecular weight is 318 g/mol. The van der Waals surface area contributed by atoms with E-state index in [2.05, 4.69) is 5.32 Å². The third-order valence-corrected chi connectivity index (χ3v) is 4.36. The number of nitrogens with one attached hydrogen (secondary N) is 1. The number of hydrogen-bond acceptors (Lipinski definition) is 2. The molecular weight excluding hydrogens is 307 g/mol. The molecule has 0 saturated carbocycles. The summed E-state index contributed by atoms with van der Waals surface area (Å²) in [4.78, 5) is 11.3. The summed E-state index contributed by atoms with van der Waals surface area (Å²) in [5, 5.41) is 12.1. The Morgan fingerprint density at radius 2 is 2.10 bits per heavy atom. The highest BCUT2D eigenvalue weighted by Crippen LogP contribution is 2.51. The van der Waals surface area contributed by atoms with Gasteiger partial charge in [-0.05, 0) is 24.1 Å². The predicted molar refractivity (Wildman–Crippen MR) is 71.5 cm³/mol. The third-order valence-electron chi connectivity index (χ3n) is 4.04. The van der Waals surface area contributed by atoms with Crippen molar-refractivity contribution in [1.29, 1.82) is 0 Å². The topological polar surface area (TPSA) is 49.3 Å². The quantitative estimate of drug-likeness (QED) is 0.772. The summed E-state index contributed by atoms with van der Waals surface area (Å²) in [6.45, 7) is 0. The van der Waals surface area contributed by atoms with E-state index in [1.807, 2.05) is 0 Å². The number of halogens is 4. The number of anilines is 1. The summed E-state index contributed by atoms with van der Waals surface area (Å²) in [5.74, 6) is -2.11. The number of carboxylic acid groups (broad SMARTS) is 1. The van der Waals surface area contributed by atoms with Crippen LogP contribution in [0, 0.1) is 5.92 Å². The van der Waals surface area contributed by atoms with Gasteiger partial charge in [-0.1, -0.05) is 23.8 Å². The van der Waals surface area contributed by atoms with Crippen LogP contribution in [0.4, 0.5) is 18.9 Å². The number of allylic oxidation sites excluding steroid dienone is 2. The van der Waals surface area contributed by atoms with Gasteiger partial charge in [-0.25, -0.2) is 4.79 Å². The maximum atomic E-state index is 13.2. The van der Waals surface area contributed by atoms with Crippen LogP contribution in [0.3, 0.4) is 0 Å². The SMILES string of the molecule is O=C(O)[C@@H]1Nc2c(Cl)ccc(C(F)(F)F)c2[C@H]2C=CC[C@H]21. The molecule has 0 fully saturated rings. The van der Waals surface area contributed by atoms with Crippen LogP contribution < -0.4 is 5.32 Å². The Kier molecular flexibility index (Phi) is 3.16. The highest BCUT2D eigenvalue weighted by Gasteiger charge is 2.46. The van der Waals surface area contributed by atoms with Crippen LogP contribution in [-0.4, -0.2) is 17.1 Å². The van der Waals surface area contributed by atoms with Gasteiger partial charge in [0.25, 0.3) is 0 Å². The largest absolute Gasteiger partial charge is 0.480 e. The van der Waals surface area contributed by atoms with Crippen molar-refractivity contribution >= 4 is 23.3 Å². The van der Waals surface area contributed by atoms with Crippen LogP contribution in [0.25, 0.3) is 0 Å². The average Bonchev–Trinajstić information content (AvgIpc) is 2.85. The summed E-state index contributed by atoms with van der Waals surface area (Å²) in [6.07, 6.45) is -0.708. The molecule has 1 heterocycles. The number of alkyl halides is 3. The van der Waals surface area contributed by atoms with E-state index in [0.717, 1.165) is 12.1 Å². The van der Waals surface area contributed by atoms with Crippen LogP contribution in [0.2, 0.25) is 5.02 Å². The second kappa shape index (κ2) is 4.66. The zero-order valence-corrected chi connectivity index (χ0v) is 11.4. The van der Waals surface area contributed by atoms with Gasteiger partial charge < -0.3 is 10.4 Å². The molecule has 3 rings (SSSR count). The van der Waals surface area contributed by atoms with Crippen LogP contribution >= 0.6 is 11.6 Å². The van der Waals surface area contributed by atoms with Gasteiger partial charge in [-0.15, -0.1) is 0 Å². The number of benzene rings is 1. The lowest BCUT2D eigenvalue weighted by molar-refractivity contribution is -0.139. The van der Waals surface area contributed by atoms with Gasteiger partial charge in [0.1, 0.15) is 6.04 Å². The lowest BCUT2D eigenvalue weighted by atomic mass is 9.77. The molecule has 0 radical (unpaired) electrons. The second-order valence-electron chi connectivity index (χ2n) is 5.20. The standard InChI is InChI=1S/C14H11ClF3NO2/c15-9-5-4-8(14(16,17)18)10-6-2-1-3-7(6)11(13(20)21)19-12(9)10/h1-2,4-7,11,19H,3H2,(H,20,21)/t6-,7+,11+/m0/s1. The molecule has 1 aromatic carbocycles. The summed E-state index contributed by atoms with van der Waals surface area (Å²) < 4.78 is 39.6. The van der Waals surface area contributed by atoms with Crippen molar-refractivity contribution in [2.45, 2.75) is 24.6 Å². The highest BCUT2D eigenvalue weighted by molar-refractivity contribution is 6.33. The van der Waals surface area contributed by atoms with E-state index in [0.29, 0.717) is 6.42 Å². The van der Waals surface area contributed by atoms with Crippen molar-refractivity contribution < 1.29 is 23.1 Å². The second-order valence-corrected chi connectivity index (χ2v) is 5.60. The number of rotatable bonds is 1. The van der Waals surface area contributed by atoms with E-state index in [9.17, 15) is 23.1 Å². The molecule has 0 unspecified atom stereocenters. The van der Waals surface area contributed by atoms with Gasteiger partial charge in [0.05, 0.1) is 16.3 Å². The van der Waals surface area contributed by atoms with Gasteiger partial charge in [0, 0.05) is 11.8 Å². The van der Waals surface area contributed by atoms with E-state index in [1.165, 1.54) is 0 Å². The maximum absolute atomic E-state index is 13.2. The predicted octanol–water partition coefficient (Wildman–Crippen LogP) is 3.90. The number of fused-ring (bicyclic) bond motifs is 3. The van der Waals surface area contributed by atoms with Crippen molar-refractivity contribution in [3.8, 4) is 0 Å². The molecule has 3 nitrogen and oxygen atoms in total. The van der Waals surface area contributed by atoms with E-state index in [1.54, 1.807) is 12.2 Å². The lowest BCUT2D eigenvalue weighted by Gasteiger charge is -2.36. The van der Waals surface area contributed by atoms with Crippen LogP contribution in [0.15, 0.2) is 24.3 Å². The van der Waals surface area contributed by atoms with Gasteiger partial charge in [-0.2, -0.15) is 13.2 Å². The fourth-order valence-electron chi connectivity index (χ4n) is 3.17. The minimum atomic E-state index is -4.51.